The van der Waals surface area contributed by atoms with E-state index in [2.05, 4.69) is 0 Å². The fourth-order valence-corrected chi connectivity index (χ4v) is 1.54. The van der Waals surface area contributed by atoms with E-state index in [1.165, 1.54) is 0 Å². The molecule has 0 spiro atoms. The van der Waals surface area contributed by atoms with Crippen LogP contribution in [-0.4, -0.2) is 4.92 Å². The van der Waals surface area contributed by atoms with Gasteiger partial charge in [-0.1, -0.05) is 0 Å². The zero-order valence-electron chi connectivity index (χ0n) is 10.2. The highest BCUT2D eigenvalue weighted by Crippen LogP contribution is 2.32. The quantitative estimate of drug-likeness (QED) is 0.475. The molecule has 2 rings (SSSR count). The predicted molar refractivity (Wildman–Crippen MR) is 64.6 cm³/mol. The molecule has 0 aromatic heterocycles. The van der Waals surface area contributed by atoms with Crippen molar-refractivity contribution >= 4 is 5.69 Å². The molecule has 0 amide bonds. The highest BCUT2D eigenvalue weighted by atomic mass is 19.4. The standard InChI is InChI=1S/C13H7F4NO3/c14-11-6-5-10(7-12(11)18(19)20)21-9-3-1-8(2-4-9)13(15,16)17/h1-7H. The lowest BCUT2D eigenvalue weighted by Crippen LogP contribution is -2.04. The van der Waals surface area contributed by atoms with E-state index in [0.29, 0.717) is 0 Å². The van der Waals surface area contributed by atoms with Crippen molar-refractivity contribution in [2.45, 2.75) is 6.18 Å². The molecule has 0 saturated heterocycles. The molecule has 21 heavy (non-hydrogen) atoms. The average molecular weight is 301 g/mol. The highest BCUT2D eigenvalue weighted by molar-refractivity contribution is 5.42. The second-order valence-electron chi connectivity index (χ2n) is 3.99. The van der Waals surface area contributed by atoms with Gasteiger partial charge in [-0.15, -0.1) is 0 Å². The van der Waals surface area contributed by atoms with Crippen molar-refractivity contribution in [3.05, 3.63) is 64.0 Å². The maximum absolute atomic E-state index is 13.1. The first kappa shape index (κ1) is 14.8. The second kappa shape index (κ2) is 5.39. The zero-order valence-corrected chi connectivity index (χ0v) is 10.2. The molecule has 0 N–H and O–H groups in total. The first-order valence-corrected chi connectivity index (χ1v) is 5.56. The molecule has 0 heterocycles. The third-order valence-corrected chi connectivity index (χ3v) is 2.53. The molecule has 0 fully saturated rings. The van der Waals surface area contributed by atoms with Crippen molar-refractivity contribution in [3.8, 4) is 11.5 Å². The molecule has 0 saturated carbocycles. The summed E-state index contributed by atoms with van der Waals surface area (Å²) in [5.41, 5.74) is -1.63. The van der Waals surface area contributed by atoms with Crippen LogP contribution in [0.4, 0.5) is 23.2 Å². The summed E-state index contributed by atoms with van der Waals surface area (Å²) < 4.78 is 55.4. The van der Waals surface area contributed by atoms with Gasteiger partial charge in [-0.25, -0.2) is 0 Å². The van der Waals surface area contributed by atoms with E-state index < -0.39 is 28.2 Å². The number of halogens is 4. The number of rotatable bonds is 3. The summed E-state index contributed by atoms with van der Waals surface area (Å²) in [6, 6.07) is 6.60. The Kier molecular flexibility index (Phi) is 3.79. The first-order chi connectivity index (χ1) is 9.77. The number of ether oxygens (including phenoxy) is 1. The van der Waals surface area contributed by atoms with Gasteiger partial charge >= 0.3 is 11.9 Å². The number of hydrogen-bond donors (Lipinski definition) is 0. The van der Waals surface area contributed by atoms with E-state index in [4.69, 9.17) is 4.74 Å². The molecule has 0 unspecified atom stereocenters. The number of nitro benzene ring substituents is 1. The van der Waals surface area contributed by atoms with Crippen molar-refractivity contribution < 1.29 is 27.2 Å². The van der Waals surface area contributed by atoms with Crippen LogP contribution in [0.15, 0.2) is 42.5 Å². The largest absolute Gasteiger partial charge is 0.457 e. The van der Waals surface area contributed by atoms with Gasteiger partial charge in [-0.3, -0.25) is 10.1 Å². The molecule has 110 valence electrons. The summed E-state index contributed by atoms with van der Waals surface area (Å²) in [7, 11) is 0. The molecule has 0 aliphatic heterocycles. The Morgan fingerprint density at radius 2 is 1.57 bits per heavy atom. The maximum atomic E-state index is 13.1. The van der Waals surface area contributed by atoms with Gasteiger partial charge in [0, 0.05) is 0 Å². The van der Waals surface area contributed by atoms with Gasteiger partial charge in [-0.05, 0) is 36.4 Å². The lowest BCUT2D eigenvalue weighted by atomic mass is 10.2. The van der Waals surface area contributed by atoms with Gasteiger partial charge in [0.1, 0.15) is 11.5 Å². The SMILES string of the molecule is O=[N+]([O-])c1cc(Oc2ccc(C(F)(F)F)cc2)ccc1F. The van der Waals surface area contributed by atoms with Crippen molar-refractivity contribution in [2.75, 3.05) is 0 Å². The van der Waals surface area contributed by atoms with E-state index in [0.717, 1.165) is 42.5 Å². The normalized spacial score (nSPS) is 11.2. The number of hydrogen-bond acceptors (Lipinski definition) is 3. The van der Waals surface area contributed by atoms with Crippen LogP contribution in [0.3, 0.4) is 0 Å². The topological polar surface area (TPSA) is 52.4 Å². The van der Waals surface area contributed by atoms with Gasteiger partial charge in [-0.2, -0.15) is 17.6 Å². The monoisotopic (exact) mass is 301 g/mol. The highest BCUT2D eigenvalue weighted by Gasteiger charge is 2.30. The Morgan fingerprint density at radius 1 is 1.00 bits per heavy atom. The Morgan fingerprint density at radius 3 is 2.10 bits per heavy atom. The molecular weight excluding hydrogens is 294 g/mol. The van der Waals surface area contributed by atoms with Gasteiger partial charge in [0.2, 0.25) is 5.82 Å². The van der Waals surface area contributed by atoms with Gasteiger partial charge in [0.05, 0.1) is 16.6 Å². The third kappa shape index (κ3) is 3.47. The first-order valence-electron chi connectivity index (χ1n) is 5.56. The summed E-state index contributed by atoms with van der Waals surface area (Å²) >= 11 is 0. The van der Waals surface area contributed by atoms with E-state index >= 15 is 0 Å². The molecule has 0 aliphatic carbocycles. The summed E-state index contributed by atoms with van der Waals surface area (Å²) in [6.07, 6.45) is -4.47. The Balaban J connectivity index is 2.22. The Hall–Kier alpha value is -2.64. The Bertz CT molecular complexity index is 668. The maximum Gasteiger partial charge on any atom is 0.416 e. The molecular formula is C13H7F4NO3. The fourth-order valence-electron chi connectivity index (χ4n) is 1.54. The molecule has 8 heteroatoms. The summed E-state index contributed by atoms with van der Waals surface area (Å²) in [4.78, 5) is 9.64. The number of nitro groups is 1. The van der Waals surface area contributed by atoms with Crippen LogP contribution in [0.2, 0.25) is 0 Å². The molecule has 2 aromatic rings. The number of alkyl halides is 3. The second-order valence-corrected chi connectivity index (χ2v) is 3.99. The van der Waals surface area contributed by atoms with Crippen molar-refractivity contribution in [1.29, 1.82) is 0 Å². The van der Waals surface area contributed by atoms with Crippen molar-refractivity contribution in [3.63, 3.8) is 0 Å². The van der Waals surface area contributed by atoms with Crippen LogP contribution in [0.5, 0.6) is 11.5 Å². The molecule has 2 aromatic carbocycles. The van der Waals surface area contributed by atoms with Crippen molar-refractivity contribution in [2.24, 2.45) is 0 Å². The van der Waals surface area contributed by atoms with Crippen LogP contribution in [0, 0.1) is 15.9 Å². The minimum Gasteiger partial charge on any atom is -0.457 e. The average Bonchev–Trinajstić information content (AvgIpc) is 2.40. The van der Waals surface area contributed by atoms with Crippen LogP contribution in [0.1, 0.15) is 5.56 Å². The molecule has 4 nitrogen and oxygen atoms in total. The Labute approximate surface area is 115 Å². The number of nitrogens with zero attached hydrogens (tertiary/aromatic N) is 1. The van der Waals surface area contributed by atoms with Crippen LogP contribution in [0.25, 0.3) is 0 Å². The lowest BCUT2D eigenvalue weighted by molar-refractivity contribution is -0.387. The minimum atomic E-state index is -4.47. The van der Waals surface area contributed by atoms with E-state index in [9.17, 15) is 27.7 Å². The van der Waals surface area contributed by atoms with Crippen LogP contribution in [-0.2, 0) is 6.18 Å². The fraction of sp³-hybridized carbons (Fsp3) is 0.0769. The number of benzene rings is 2. The van der Waals surface area contributed by atoms with Gasteiger partial charge in [0.25, 0.3) is 0 Å². The summed E-state index contributed by atoms with van der Waals surface area (Å²) in [6.45, 7) is 0. The van der Waals surface area contributed by atoms with Crippen LogP contribution < -0.4 is 4.74 Å². The van der Waals surface area contributed by atoms with Crippen LogP contribution >= 0.6 is 0 Å². The van der Waals surface area contributed by atoms with E-state index in [1.54, 1.807) is 0 Å². The lowest BCUT2D eigenvalue weighted by Gasteiger charge is -2.09. The smallest absolute Gasteiger partial charge is 0.416 e. The molecule has 0 aliphatic rings. The zero-order chi connectivity index (χ0) is 15.6. The third-order valence-electron chi connectivity index (χ3n) is 2.53. The van der Waals surface area contributed by atoms with Gasteiger partial charge in [0.15, 0.2) is 0 Å². The summed E-state index contributed by atoms with van der Waals surface area (Å²) in [5.74, 6) is -1.04. The van der Waals surface area contributed by atoms with E-state index in [1.807, 2.05) is 0 Å². The molecule has 0 bridgehead atoms. The molecule has 0 radical (unpaired) electrons. The van der Waals surface area contributed by atoms with Crippen molar-refractivity contribution in [1.82, 2.24) is 0 Å². The van der Waals surface area contributed by atoms with Gasteiger partial charge < -0.3 is 4.74 Å². The predicted octanol–water partition coefficient (Wildman–Crippen LogP) is 4.55. The summed E-state index contributed by atoms with van der Waals surface area (Å²) in [5, 5.41) is 10.6. The minimum absolute atomic E-state index is 0.0453. The molecule has 0 atom stereocenters. The van der Waals surface area contributed by atoms with E-state index in [-0.39, 0.29) is 11.5 Å².